The van der Waals surface area contributed by atoms with Crippen molar-refractivity contribution in [3.63, 3.8) is 0 Å². The summed E-state index contributed by atoms with van der Waals surface area (Å²) in [5.41, 5.74) is 0.407. The van der Waals surface area contributed by atoms with Gasteiger partial charge in [-0.3, -0.25) is 9.59 Å². The fourth-order valence-corrected chi connectivity index (χ4v) is 3.38. The molecule has 0 saturated carbocycles. The summed E-state index contributed by atoms with van der Waals surface area (Å²) >= 11 is 0. The van der Waals surface area contributed by atoms with Crippen LogP contribution in [0.4, 0.5) is 4.39 Å². The SMILES string of the molecule is C[C@H]1CCCN(C(=O)Cn2nnc3c(cnn3-c3ccc(F)cc3)c2=O)C1. The van der Waals surface area contributed by atoms with Gasteiger partial charge in [0, 0.05) is 13.1 Å². The fourth-order valence-electron chi connectivity index (χ4n) is 3.38. The van der Waals surface area contributed by atoms with Crippen LogP contribution in [0.25, 0.3) is 16.7 Å². The van der Waals surface area contributed by atoms with E-state index in [9.17, 15) is 14.0 Å². The Morgan fingerprint density at radius 3 is 2.81 bits per heavy atom. The second-order valence-corrected chi connectivity index (χ2v) is 6.91. The van der Waals surface area contributed by atoms with Crippen LogP contribution < -0.4 is 5.56 Å². The van der Waals surface area contributed by atoms with Gasteiger partial charge in [0.15, 0.2) is 5.65 Å². The number of nitrogens with zero attached hydrogens (tertiary/aromatic N) is 6. The molecule has 0 bridgehead atoms. The summed E-state index contributed by atoms with van der Waals surface area (Å²) in [6, 6.07) is 5.68. The molecule has 1 aliphatic heterocycles. The third-order valence-corrected chi connectivity index (χ3v) is 4.82. The lowest BCUT2D eigenvalue weighted by atomic mass is 10.0. The number of likely N-dealkylation sites (tertiary alicyclic amines) is 1. The van der Waals surface area contributed by atoms with Gasteiger partial charge in [-0.15, -0.1) is 5.10 Å². The molecule has 0 spiro atoms. The Balaban J connectivity index is 1.62. The van der Waals surface area contributed by atoms with Crippen molar-refractivity contribution in [2.24, 2.45) is 5.92 Å². The van der Waals surface area contributed by atoms with Crippen molar-refractivity contribution in [2.45, 2.75) is 26.3 Å². The topological polar surface area (TPSA) is 85.9 Å². The van der Waals surface area contributed by atoms with Crippen LogP contribution in [0.1, 0.15) is 19.8 Å². The van der Waals surface area contributed by atoms with E-state index in [2.05, 4.69) is 22.3 Å². The number of aromatic nitrogens is 5. The van der Waals surface area contributed by atoms with Gasteiger partial charge in [0.05, 0.1) is 11.9 Å². The van der Waals surface area contributed by atoms with E-state index in [0.717, 1.165) is 17.5 Å². The Kier molecular flexibility index (Phi) is 4.43. The zero-order valence-corrected chi connectivity index (χ0v) is 14.9. The predicted molar refractivity (Wildman–Crippen MR) is 95.9 cm³/mol. The lowest BCUT2D eigenvalue weighted by molar-refractivity contribution is -0.133. The lowest BCUT2D eigenvalue weighted by Gasteiger charge is -2.30. The highest BCUT2D eigenvalue weighted by atomic mass is 19.1. The van der Waals surface area contributed by atoms with E-state index < -0.39 is 5.56 Å². The van der Waals surface area contributed by atoms with Gasteiger partial charge in [-0.05, 0) is 43.0 Å². The van der Waals surface area contributed by atoms with E-state index in [4.69, 9.17) is 0 Å². The summed E-state index contributed by atoms with van der Waals surface area (Å²) in [6.07, 6.45) is 3.47. The van der Waals surface area contributed by atoms with Crippen LogP contribution in [0, 0.1) is 11.7 Å². The van der Waals surface area contributed by atoms with Crippen LogP contribution in [0.15, 0.2) is 35.3 Å². The first kappa shape index (κ1) is 17.3. The molecule has 0 aliphatic carbocycles. The number of hydrogen-bond donors (Lipinski definition) is 0. The number of halogens is 1. The van der Waals surface area contributed by atoms with Gasteiger partial charge in [-0.25, -0.2) is 13.8 Å². The number of carbonyl (C=O) groups excluding carboxylic acids is 1. The molecule has 9 heteroatoms. The molecule has 1 aliphatic rings. The monoisotopic (exact) mass is 370 g/mol. The van der Waals surface area contributed by atoms with Crippen LogP contribution in [-0.2, 0) is 11.3 Å². The van der Waals surface area contributed by atoms with Gasteiger partial charge in [0.2, 0.25) is 5.91 Å². The first-order valence-corrected chi connectivity index (χ1v) is 8.88. The second kappa shape index (κ2) is 6.90. The zero-order chi connectivity index (χ0) is 19.0. The Hall–Kier alpha value is -3.10. The van der Waals surface area contributed by atoms with Gasteiger partial charge in [0.25, 0.3) is 5.56 Å². The highest BCUT2D eigenvalue weighted by Gasteiger charge is 2.22. The van der Waals surface area contributed by atoms with Gasteiger partial charge < -0.3 is 4.90 Å². The molecule has 0 unspecified atom stereocenters. The van der Waals surface area contributed by atoms with Gasteiger partial charge in [-0.2, -0.15) is 5.10 Å². The largest absolute Gasteiger partial charge is 0.341 e. The predicted octanol–water partition coefficient (Wildman–Crippen LogP) is 1.37. The number of benzene rings is 1. The maximum absolute atomic E-state index is 13.1. The second-order valence-electron chi connectivity index (χ2n) is 6.91. The van der Waals surface area contributed by atoms with Crippen LogP contribution in [-0.4, -0.2) is 48.7 Å². The van der Waals surface area contributed by atoms with E-state index in [1.807, 2.05) is 0 Å². The summed E-state index contributed by atoms with van der Waals surface area (Å²) in [6.45, 7) is 3.37. The minimum Gasteiger partial charge on any atom is -0.341 e. The molecule has 8 nitrogen and oxygen atoms in total. The molecule has 1 saturated heterocycles. The molecule has 1 amide bonds. The molecule has 140 valence electrons. The van der Waals surface area contributed by atoms with Gasteiger partial charge >= 0.3 is 0 Å². The normalized spacial score (nSPS) is 17.4. The molecule has 4 rings (SSSR count). The smallest absolute Gasteiger partial charge is 0.281 e. The molecule has 27 heavy (non-hydrogen) atoms. The van der Waals surface area contributed by atoms with E-state index in [-0.39, 0.29) is 29.3 Å². The average molecular weight is 370 g/mol. The Morgan fingerprint density at radius 1 is 1.30 bits per heavy atom. The third kappa shape index (κ3) is 3.32. The molecule has 3 heterocycles. The quantitative estimate of drug-likeness (QED) is 0.695. The summed E-state index contributed by atoms with van der Waals surface area (Å²) in [5.74, 6) is -0.0423. The molecule has 1 atom stereocenters. The van der Waals surface area contributed by atoms with Crippen molar-refractivity contribution in [3.05, 3.63) is 46.6 Å². The minimum atomic E-state index is -0.424. The van der Waals surface area contributed by atoms with Crippen molar-refractivity contribution in [1.29, 1.82) is 0 Å². The Bertz CT molecular complexity index is 1040. The van der Waals surface area contributed by atoms with Crippen molar-refractivity contribution in [1.82, 2.24) is 29.7 Å². The lowest BCUT2D eigenvalue weighted by Crippen LogP contribution is -2.42. The van der Waals surface area contributed by atoms with Crippen LogP contribution in [0.5, 0.6) is 0 Å². The maximum atomic E-state index is 13.1. The van der Waals surface area contributed by atoms with Crippen LogP contribution in [0.3, 0.4) is 0 Å². The third-order valence-electron chi connectivity index (χ3n) is 4.82. The van der Waals surface area contributed by atoms with Gasteiger partial charge in [0.1, 0.15) is 17.7 Å². The first-order chi connectivity index (χ1) is 13.0. The van der Waals surface area contributed by atoms with E-state index in [1.165, 1.54) is 35.1 Å². The standard InChI is InChI=1S/C18H19FN6O2/c1-12-3-2-8-23(10-12)16(26)11-24-18(27)15-9-20-25(17(15)21-22-24)14-6-4-13(19)5-7-14/h4-7,9,12H,2-3,8,10-11H2,1H3/t12-/m0/s1. The molecule has 0 radical (unpaired) electrons. The van der Waals surface area contributed by atoms with E-state index in [1.54, 1.807) is 4.90 Å². The zero-order valence-electron chi connectivity index (χ0n) is 14.9. The number of piperidine rings is 1. The fraction of sp³-hybridized carbons (Fsp3) is 0.389. The Labute approximate surface area is 154 Å². The highest BCUT2D eigenvalue weighted by molar-refractivity contribution is 5.77. The van der Waals surface area contributed by atoms with Crippen molar-refractivity contribution in [3.8, 4) is 5.69 Å². The summed E-state index contributed by atoms with van der Waals surface area (Å²) < 4.78 is 15.6. The number of amides is 1. The minimum absolute atomic E-state index is 0.136. The number of hydrogen-bond acceptors (Lipinski definition) is 5. The summed E-state index contributed by atoms with van der Waals surface area (Å²) in [4.78, 5) is 27.0. The van der Waals surface area contributed by atoms with E-state index in [0.29, 0.717) is 24.7 Å². The van der Waals surface area contributed by atoms with E-state index >= 15 is 0 Å². The number of carbonyl (C=O) groups is 1. The molecule has 3 aromatic rings. The molecule has 1 aromatic carbocycles. The van der Waals surface area contributed by atoms with Gasteiger partial charge in [-0.1, -0.05) is 12.1 Å². The Morgan fingerprint density at radius 2 is 2.07 bits per heavy atom. The van der Waals surface area contributed by atoms with Crippen molar-refractivity contribution in [2.75, 3.05) is 13.1 Å². The van der Waals surface area contributed by atoms with Crippen molar-refractivity contribution >= 4 is 16.9 Å². The van der Waals surface area contributed by atoms with Crippen LogP contribution in [0.2, 0.25) is 0 Å². The molecule has 2 aromatic heterocycles. The average Bonchev–Trinajstić information content (AvgIpc) is 3.09. The van der Waals surface area contributed by atoms with Crippen LogP contribution >= 0.6 is 0 Å². The summed E-state index contributed by atoms with van der Waals surface area (Å²) in [5, 5.41) is 12.4. The number of fused-ring (bicyclic) bond motifs is 1. The first-order valence-electron chi connectivity index (χ1n) is 8.88. The maximum Gasteiger partial charge on any atom is 0.281 e. The number of rotatable bonds is 3. The highest BCUT2D eigenvalue weighted by Crippen LogP contribution is 2.16. The summed E-state index contributed by atoms with van der Waals surface area (Å²) in [7, 11) is 0. The molecular weight excluding hydrogens is 351 g/mol. The molecule has 0 N–H and O–H groups in total. The van der Waals surface area contributed by atoms with Crippen molar-refractivity contribution < 1.29 is 9.18 Å². The molecular formula is C18H19FN6O2. The molecule has 1 fully saturated rings.